The smallest absolute Gasteiger partial charge is 0.226 e. The summed E-state index contributed by atoms with van der Waals surface area (Å²) in [6.45, 7) is 5.68. The molecule has 0 radical (unpaired) electrons. The average Bonchev–Trinajstić information content (AvgIpc) is 3.00. The second-order valence-electron chi connectivity index (χ2n) is 7.69. The summed E-state index contributed by atoms with van der Waals surface area (Å²) in [5, 5.41) is 10.4. The Bertz CT molecular complexity index is 924. The zero-order valence-electron chi connectivity index (χ0n) is 15.0. The molecule has 134 valence electrons. The van der Waals surface area contributed by atoms with E-state index in [-0.39, 0.29) is 23.1 Å². The molecule has 1 aliphatic carbocycles. The van der Waals surface area contributed by atoms with E-state index in [2.05, 4.69) is 34.6 Å². The van der Waals surface area contributed by atoms with E-state index in [1.807, 2.05) is 24.3 Å². The molecule has 7 heteroatoms. The highest BCUT2D eigenvalue weighted by Gasteiger charge is 2.41. The number of nitrogens with zero attached hydrogens (tertiary/aromatic N) is 3. The Hall–Kier alpha value is -2.96. The number of ketones is 1. The lowest BCUT2D eigenvalue weighted by Gasteiger charge is -2.38. The van der Waals surface area contributed by atoms with E-state index in [4.69, 9.17) is 0 Å². The highest BCUT2D eigenvalue weighted by Crippen LogP contribution is 2.45. The lowest BCUT2D eigenvalue weighted by Crippen LogP contribution is -2.36. The molecule has 1 amide bonds. The quantitative estimate of drug-likeness (QED) is 0.868. The maximum atomic E-state index is 13.0. The molecule has 2 aliphatic rings. The van der Waals surface area contributed by atoms with Crippen LogP contribution in [0.25, 0.3) is 0 Å². The number of aromatic nitrogens is 3. The zero-order chi connectivity index (χ0) is 18.5. The number of allylic oxidation sites excluding steroid dienone is 2. The summed E-state index contributed by atoms with van der Waals surface area (Å²) in [5.41, 5.74) is 3.27. The Labute approximate surface area is 151 Å². The first kappa shape index (κ1) is 16.5. The molecule has 0 spiro atoms. The van der Waals surface area contributed by atoms with Crippen LogP contribution >= 0.6 is 0 Å². The highest BCUT2D eigenvalue weighted by atomic mass is 16.1. The van der Waals surface area contributed by atoms with Gasteiger partial charge in [-0.15, -0.1) is 0 Å². The molecule has 0 fully saturated rings. The van der Waals surface area contributed by atoms with Crippen molar-refractivity contribution in [2.24, 2.45) is 5.41 Å². The fraction of sp³-hybridized carbons (Fsp3) is 0.368. The number of anilines is 2. The van der Waals surface area contributed by atoms with Crippen molar-refractivity contribution in [1.29, 1.82) is 0 Å². The van der Waals surface area contributed by atoms with Crippen molar-refractivity contribution in [1.82, 2.24) is 14.8 Å². The topological polar surface area (TPSA) is 88.9 Å². The summed E-state index contributed by atoms with van der Waals surface area (Å²) >= 11 is 0. The number of rotatable bonds is 2. The maximum absolute atomic E-state index is 13.0. The van der Waals surface area contributed by atoms with Gasteiger partial charge in [-0.2, -0.15) is 10.1 Å². The monoisotopic (exact) mass is 351 g/mol. The van der Waals surface area contributed by atoms with Crippen LogP contribution < -0.4 is 10.6 Å². The van der Waals surface area contributed by atoms with Crippen molar-refractivity contribution < 1.29 is 9.59 Å². The molecular formula is C19H21N5O2. The molecule has 1 unspecified atom stereocenters. The Morgan fingerprint density at radius 3 is 2.69 bits per heavy atom. The molecule has 1 atom stereocenters. The summed E-state index contributed by atoms with van der Waals surface area (Å²) < 4.78 is 1.75. The largest absolute Gasteiger partial charge is 0.328 e. The van der Waals surface area contributed by atoms with E-state index in [1.165, 1.54) is 13.3 Å². The van der Waals surface area contributed by atoms with Crippen LogP contribution in [0.15, 0.2) is 41.9 Å². The molecule has 4 rings (SSSR count). The van der Waals surface area contributed by atoms with Gasteiger partial charge >= 0.3 is 0 Å². The lowest BCUT2D eigenvalue weighted by molar-refractivity contribution is -0.118. The van der Waals surface area contributed by atoms with Crippen LogP contribution in [0.4, 0.5) is 11.6 Å². The maximum Gasteiger partial charge on any atom is 0.226 e. The molecular weight excluding hydrogens is 330 g/mol. The SMILES string of the molecule is CC(=O)Nc1ccc(C2C3=C(CC(C)(C)CC3=O)Nc3ncnn32)cc1. The molecule has 2 N–H and O–H groups in total. The molecule has 26 heavy (non-hydrogen) atoms. The predicted octanol–water partition coefficient (Wildman–Crippen LogP) is 2.89. The molecule has 2 aromatic rings. The molecule has 0 saturated carbocycles. The third-order valence-electron chi connectivity index (χ3n) is 4.82. The van der Waals surface area contributed by atoms with E-state index in [1.54, 1.807) is 4.68 Å². The number of amides is 1. The van der Waals surface area contributed by atoms with Gasteiger partial charge in [0.25, 0.3) is 0 Å². The van der Waals surface area contributed by atoms with Gasteiger partial charge in [0.05, 0.1) is 0 Å². The van der Waals surface area contributed by atoms with Gasteiger partial charge < -0.3 is 10.6 Å². The van der Waals surface area contributed by atoms with E-state index in [0.29, 0.717) is 12.4 Å². The molecule has 1 aromatic carbocycles. The molecule has 0 bridgehead atoms. The fourth-order valence-electron chi connectivity index (χ4n) is 3.81. The summed E-state index contributed by atoms with van der Waals surface area (Å²) in [6.07, 6.45) is 2.80. The standard InChI is InChI=1S/C19H21N5O2/c1-11(25)22-13-6-4-12(5-7-13)17-16-14(8-19(2,3)9-15(16)26)23-18-20-10-21-24(17)18/h4-7,10,17H,8-9H2,1-3H3,(H,22,25)(H,20,21,23). The van der Waals surface area contributed by atoms with Gasteiger partial charge in [0.1, 0.15) is 12.4 Å². The van der Waals surface area contributed by atoms with Crippen LogP contribution in [-0.4, -0.2) is 26.5 Å². The highest BCUT2D eigenvalue weighted by molar-refractivity contribution is 6.00. The van der Waals surface area contributed by atoms with Gasteiger partial charge in [0, 0.05) is 30.3 Å². The fourth-order valence-corrected chi connectivity index (χ4v) is 3.81. The van der Waals surface area contributed by atoms with Crippen LogP contribution in [0.5, 0.6) is 0 Å². The van der Waals surface area contributed by atoms with Crippen LogP contribution in [0.1, 0.15) is 45.2 Å². The third-order valence-corrected chi connectivity index (χ3v) is 4.82. The summed E-state index contributed by atoms with van der Waals surface area (Å²) in [7, 11) is 0. The lowest BCUT2D eigenvalue weighted by atomic mass is 9.73. The number of Topliss-reactive ketones (excluding diaryl/α,β-unsaturated/α-hetero) is 1. The summed E-state index contributed by atoms with van der Waals surface area (Å²) in [6, 6.07) is 7.22. The normalized spacial score (nSPS) is 20.9. The van der Waals surface area contributed by atoms with E-state index < -0.39 is 0 Å². The number of hydrogen-bond donors (Lipinski definition) is 2. The number of hydrogen-bond acceptors (Lipinski definition) is 5. The summed E-state index contributed by atoms with van der Waals surface area (Å²) in [4.78, 5) is 28.5. The van der Waals surface area contributed by atoms with Gasteiger partial charge in [-0.05, 0) is 29.5 Å². The van der Waals surface area contributed by atoms with Crippen molar-refractivity contribution in [3.8, 4) is 0 Å². The van der Waals surface area contributed by atoms with E-state index >= 15 is 0 Å². The second-order valence-corrected chi connectivity index (χ2v) is 7.69. The molecule has 7 nitrogen and oxygen atoms in total. The number of carbonyl (C=O) groups is 2. The van der Waals surface area contributed by atoms with Crippen molar-refractivity contribution in [3.63, 3.8) is 0 Å². The third kappa shape index (κ3) is 2.79. The van der Waals surface area contributed by atoms with Crippen molar-refractivity contribution in [3.05, 3.63) is 47.4 Å². The number of benzene rings is 1. The molecule has 2 heterocycles. The van der Waals surface area contributed by atoms with Gasteiger partial charge in [-0.1, -0.05) is 26.0 Å². The van der Waals surface area contributed by atoms with Crippen molar-refractivity contribution in [2.75, 3.05) is 10.6 Å². The minimum Gasteiger partial charge on any atom is -0.328 e. The molecule has 1 aromatic heterocycles. The van der Waals surface area contributed by atoms with Crippen LogP contribution in [0, 0.1) is 5.41 Å². The number of carbonyl (C=O) groups excluding carboxylic acids is 2. The predicted molar refractivity (Wildman–Crippen MR) is 97.6 cm³/mol. The van der Waals surface area contributed by atoms with Crippen molar-refractivity contribution in [2.45, 2.75) is 39.7 Å². The Morgan fingerprint density at radius 1 is 1.27 bits per heavy atom. The Morgan fingerprint density at radius 2 is 2.00 bits per heavy atom. The number of nitrogens with one attached hydrogen (secondary N) is 2. The number of fused-ring (bicyclic) bond motifs is 1. The van der Waals surface area contributed by atoms with Crippen molar-refractivity contribution >= 4 is 23.3 Å². The summed E-state index contributed by atoms with van der Waals surface area (Å²) in [5.74, 6) is 0.666. The van der Waals surface area contributed by atoms with Crippen LogP contribution in [-0.2, 0) is 9.59 Å². The van der Waals surface area contributed by atoms with Gasteiger partial charge in [0.2, 0.25) is 11.9 Å². The Kier molecular flexibility index (Phi) is 3.68. The van der Waals surface area contributed by atoms with Crippen LogP contribution in [0.2, 0.25) is 0 Å². The first-order valence-electron chi connectivity index (χ1n) is 8.64. The van der Waals surface area contributed by atoms with Crippen LogP contribution in [0.3, 0.4) is 0 Å². The first-order valence-corrected chi connectivity index (χ1v) is 8.64. The average molecular weight is 351 g/mol. The molecule has 0 saturated heterocycles. The minimum absolute atomic E-state index is 0.0784. The van der Waals surface area contributed by atoms with Gasteiger partial charge in [0.15, 0.2) is 5.78 Å². The molecule has 1 aliphatic heterocycles. The van der Waals surface area contributed by atoms with E-state index in [9.17, 15) is 9.59 Å². The second kappa shape index (κ2) is 5.79. The first-order chi connectivity index (χ1) is 12.3. The minimum atomic E-state index is -0.307. The van der Waals surface area contributed by atoms with Gasteiger partial charge in [-0.3, -0.25) is 9.59 Å². The Balaban J connectivity index is 1.79. The zero-order valence-corrected chi connectivity index (χ0v) is 15.0. The van der Waals surface area contributed by atoms with Gasteiger partial charge in [-0.25, -0.2) is 4.68 Å². The van der Waals surface area contributed by atoms with E-state index in [0.717, 1.165) is 28.9 Å².